The maximum atomic E-state index is 6.58. The average Bonchev–Trinajstić information content (AvgIpc) is 3.77. The van der Waals surface area contributed by atoms with Gasteiger partial charge in [0.15, 0.2) is 0 Å². The molecule has 0 N–H and O–H groups in total. The van der Waals surface area contributed by atoms with E-state index in [0.29, 0.717) is 0 Å². The van der Waals surface area contributed by atoms with Crippen molar-refractivity contribution in [2.45, 2.75) is 19.3 Å². The van der Waals surface area contributed by atoms with Crippen LogP contribution in [0.4, 0.5) is 0 Å². The lowest BCUT2D eigenvalue weighted by atomic mass is 9.80. The standard InChI is InChI=1S/C57H38O/c1-57(2)51-33-31-38(34-50(51)47-32-30-36-14-3-4-15-39(36)55(47)57)35-26-28-37(29-27-35)53-43-19-7-9-21-45(43)54(46-22-10-8-20-44(46)53)42-18-6-5-16-40(42)48-23-13-24-49-41-17-11-12-25-52(41)58-56(48)49/h3-34H,1-2H3. The summed E-state index contributed by atoms with van der Waals surface area (Å²) in [5.41, 5.74) is 16.9. The van der Waals surface area contributed by atoms with Gasteiger partial charge in [-0.1, -0.05) is 196 Å². The lowest BCUT2D eigenvalue weighted by molar-refractivity contribution is 0.666. The normalized spacial score (nSPS) is 13.1. The van der Waals surface area contributed by atoms with Gasteiger partial charge < -0.3 is 4.42 Å². The molecule has 1 heterocycles. The molecule has 0 radical (unpaired) electrons. The van der Waals surface area contributed by atoms with E-state index in [2.05, 4.69) is 202 Å². The summed E-state index contributed by atoms with van der Waals surface area (Å²) in [5, 5.41) is 9.88. The maximum Gasteiger partial charge on any atom is 0.143 e. The minimum Gasteiger partial charge on any atom is -0.455 e. The third-order valence-electron chi connectivity index (χ3n) is 12.9. The molecule has 0 amide bonds. The molecule has 0 spiro atoms. The van der Waals surface area contributed by atoms with Crippen LogP contribution < -0.4 is 0 Å². The van der Waals surface area contributed by atoms with Crippen LogP contribution in [0.3, 0.4) is 0 Å². The Kier molecular flexibility index (Phi) is 7.04. The summed E-state index contributed by atoms with van der Waals surface area (Å²) < 4.78 is 6.58. The van der Waals surface area contributed by atoms with Gasteiger partial charge in [0.25, 0.3) is 0 Å². The van der Waals surface area contributed by atoms with E-state index in [1.807, 2.05) is 6.07 Å². The first-order valence-corrected chi connectivity index (χ1v) is 20.3. The number of para-hydroxylation sites is 2. The van der Waals surface area contributed by atoms with Crippen LogP contribution >= 0.6 is 0 Å². The largest absolute Gasteiger partial charge is 0.455 e. The van der Waals surface area contributed by atoms with Crippen LogP contribution in [0.5, 0.6) is 0 Å². The highest BCUT2D eigenvalue weighted by Gasteiger charge is 2.37. The van der Waals surface area contributed by atoms with Crippen LogP contribution in [0.1, 0.15) is 25.0 Å². The number of hydrogen-bond donors (Lipinski definition) is 0. The molecule has 0 saturated carbocycles. The van der Waals surface area contributed by atoms with Gasteiger partial charge >= 0.3 is 0 Å². The van der Waals surface area contributed by atoms with Crippen molar-refractivity contribution in [3.63, 3.8) is 0 Å². The van der Waals surface area contributed by atoms with Crippen LogP contribution in [0.25, 0.3) is 110 Å². The van der Waals surface area contributed by atoms with Gasteiger partial charge in [0.2, 0.25) is 0 Å². The van der Waals surface area contributed by atoms with Gasteiger partial charge in [-0.2, -0.15) is 0 Å². The molecule has 58 heavy (non-hydrogen) atoms. The van der Waals surface area contributed by atoms with E-state index in [4.69, 9.17) is 4.42 Å². The molecule has 0 unspecified atom stereocenters. The molecule has 272 valence electrons. The Hall–Kier alpha value is -7.22. The van der Waals surface area contributed by atoms with E-state index >= 15 is 0 Å². The molecule has 0 aliphatic heterocycles. The van der Waals surface area contributed by atoms with Crippen LogP contribution in [0.2, 0.25) is 0 Å². The average molecular weight is 739 g/mol. The van der Waals surface area contributed by atoms with Crippen molar-refractivity contribution in [1.29, 1.82) is 0 Å². The summed E-state index contributed by atoms with van der Waals surface area (Å²) in [6.45, 7) is 4.75. The molecule has 1 heteroatoms. The molecule has 1 aliphatic rings. The van der Waals surface area contributed by atoms with Gasteiger partial charge in [0.1, 0.15) is 11.2 Å². The monoisotopic (exact) mass is 738 g/mol. The van der Waals surface area contributed by atoms with Crippen molar-refractivity contribution >= 4 is 54.3 Å². The summed E-state index contributed by atoms with van der Waals surface area (Å²) in [6.07, 6.45) is 0. The molecular weight excluding hydrogens is 701 g/mol. The van der Waals surface area contributed by atoms with Crippen LogP contribution in [-0.2, 0) is 5.41 Å². The quantitative estimate of drug-likeness (QED) is 0.164. The lowest BCUT2D eigenvalue weighted by Gasteiger charge is -2.23. The predicted octanol–water partition coefficient (Wildman–Crippen LogP) is 16.0. The van der Waals surface area contributed by atoms with Crippen molar-refractivity contribution in [3.8, 4) is 55.6 Å². The maximum absolute atomic E-state index is 6.58. The van der Waals surface area contributed by atoms with Crippen LogP contribution in [0.15, 0.2) is 199 Å². The van der Waals surface area contributed by atoms with E-state index in [1.54, 1.807) is 0 Å². The topological polar surface area (TPSA) is 13.1 Å². The Labute approximate surface area is 337 Å². The van der Waals surface area contributed by atoms with E-state index in [1.165, 1.54) is 88.0 Å². The van der Waals surface area contributed by atoms with Crippen molar-refractivity contribution in [1.82, 2.24) is 0 Å². The molecule has 1 nitrogen and oxygen atoms in total. The summed E-state index contributed by atoms with van der Waals surface area (Å²) in [5.74, 6) is 0. The number of rotatable bonds is 4. The zero-order valence-corrected chi connectivity index (χ0v) is 32.4. The van der Waals surface area contributed by atoms with E-state index in [0.717, 1.165) is 33.1 Å². The lowest BCUT2D eigenvalue weighted by Crippen LogP contribution is -2.15. The van der Waals surface area contributed by atoms with Gasteiger partial charge in [-0.25, -0.2) is 0 Å². The fraction of sp³-hybridized carbons (Fsp3) is 0.0526. The SMILES string of the molecule is CC1(C)c2ccc(-c3ccc(-c4c5ccccc5c(-c5ccccc5-c5cccc6c5oc5ccccc56)c5ccccc45)cc3)cc2-c2ccc3ccccc3c21. The van der Waals surface area contributed by atoms with Crippen LogP contribution in [0, 0.1) is 0 Å². The predicted molar refractivity (Wildman–Crippen MR) is 246 cm³/mol. The Morgan fingerprint density at radius 2 is 0.897 bits per heavy atom. The molecule has 11 aromatic rings. The highest BCUT2D eigenvalue weighted by molar-refractivity contribution is 6.23. The first kappa shape index (κ1) is 33.0. The Bertz CT molecular complexity index is 3410. The van der Waals surface area contributed by atoms with Gasteiger partial charge in [0, 0.05) is 21.8 Å². The number of fused-ring (bicyclic) bond motifs is 10. The second-order valence-corrected chi connectivity index (χ2v) is 16.3. The van der Waals surface area contributed by atoms with Crippen molar-refractivity contribution < 1.29 is 4.42 Å². The molecule has 0 bridgehead atoms. The molecule has 0 atom stereocenters. The number of benzene rings is 10. The van der Waals surface area contributed by atoms with Crippen molar-refractivity contribution in [3.05, 3.63) is 205 Å². The van der Waals surface area contributed by atoms with Gasteiger partial charge in [-0.05, 0) is 106 Å². The summed E-state index contributed by atoms with van der Waals surface area (Å²) in [4.78, 5) is 0. The van der Waals surface area contributed by atoms with Gasteiger partial charge in [-0.3, -0.25) is 0 Å². The zero-order chi connectivity index (χ0) is 38.5. The minimum absolute atomic E-state index is 0.0660. The smallest absolute Gasteiger partial charge is 0.143 e. The Morgan fingerprint density at radius 3 is 1.64 bits per heavy atom. The van der Waals surface area contributed by atoms with E-state index < -0.39 is 0 Å². The van der Waals surface area contributed by atoms with Crippen LogP contribution in [-0.4, -0.2) is 0 Å². The Morgan fingerprint density at radius 1 is 0.345 bits per heavy atom. The number of furan rings is 1. The third-order valence-corrected chi connectivity index (χ3v) is 12.9. The first-order chi connectivity index (χ1) is 28.5. The molecule has 10 aromatic carbocycles. The second-order valence-electron chi connectivity index (χ2n) is 16.3. The van der Waals surface area contributed by atoms with Crippen molar-refractivity contribution in [2.75, 3.05) is 0 Å². The summed E-state index contributed by atoms with van der Waals surface area (Å²) >= 11 is 0. The van der Waals surface area contributed by atoms with Gasteiger partial charge in [0.05, 0.1) is 0 Å². The summed E-state index contributed by atoms with van der Waals surface area (Å²) in [6, 6.07) is 71.3. The summed E-state index contributed by atoms with van der Waals surface area (Å²) in [7, 11) is 0. The second kappa shape index (κ2) is 12.4. The fourth-order valence-electron chi connectivity index (χ4n) is 10.2. The zero-order valence-electron chi connectivity index (χ0n) is 32.4. The Balaban J connectivity index is 1.01. The molecule has 12 rings (SSSR count). The molecule has 1 aromatic heterocycles. The minimum atomic E-state index is -0.0660. The van der Waals surface area contributed by atoms with E-state index in [9.17, 15) is 0 Å². The van der Waals surface area contributed by atoms with Gasteiger partial charge in [-0.15, -0.1) is 0 Å². The fourth-order valence-corrected chi connectivity index (χ4v) is 10.2. The molecule has 0 fully saturated rings. The highest BCUT2D eigenvalue weighted by Crippen LogP contribution is 2.53. The third kappa shape index (κ3) is 4.71. The molecule has 0 saturated heterocycles. The molecular formula is C57H38O. The molecule has 1 aliphatic carbocycles. The van der Waals surface area contributed by atoms with E-state index in [-0.39, 0.29) is 5.41 Å². The first-order valence-electron chi connectivity index (χ1n) is 20.3. The number of hydrogen-bond acceptors (Lipinski definition) is 1. The van der Waals surface area contributed by atoms with Crippen molar-refractivity contribution in [2.24, 2.45) is 0 Å². The highest BCUT2D eigenvalue weighted by atomic mass is 16.3.